The van der Waals surface area contributed by atoms with Crippen molar-refractivity contribution in [3.63, 3.8) is 0 Å². The quantitative estimate of drug-likeness (QED) is 0.409. The van der Waals surface area contributed by atoms with E-state index in [9.17, 15) is 4.79 Å². The highest BCUT2D eigenvalue weighted by atomic mass is 35.5. The van der Waals surface area contributed by atoms with Crippen LogP contribution < -0.4 is 10.6 Å². The number of hydrogen-bond acceptors (Lipinski definition) is 4. The smallest absolute Gasteiger partial charge is 0.266 e. The molecule has 0 aliphatic heterocycles. The summed E-state index contributed by atoms with van der Waals surface area (Å²) < 4.78 is 0. The number of rotatable bonds is 9. The first-order valence-corrected chi connectivity index (χ1v) is 11.1. The summed E-state index contributed by atoms with van der Waals surface area (Å²) in [4.78, 5) is 19.1. The topological polar surface area (TPSA) is 56.7 Å². The monoisotopic (exact) mass is 460 g/mol. The molecule has 0 bridgehead atoms. The highest BCUT2D eigenvalue weighted by Gasteiger charge is 2.14. The second kappa shape index (κ2) is 11.8. The van der Waals surface area contributed by atoms with Gasteiger partial charge in [-0.2, -0.15) is 0 Å². The van der Waals surface area contributed by atoms with Crippen molar-refractivity contribution in [3.8, 4) is 11.1 Å². The Hall–Kier alpha value is -2.50. The van der Waals surface area contributed by atoms with Crippen LogP contribution in [0.25, 0.3) is 11.1 Å². The van der Waals surface area contributed by atoms with E-state index in [1.807, 2.05) is 58.4 Å². The van der Waals surface area contributed by atoms with Gasteiger partial charge in [0.2, 0.25) is 0 Å². The van der Waals surface area contributed by atoms with Crippen molar-refractivity contribution in [1.29, 1.82) is 0 Å². The predicted molar refractivity (Wildman–Crippen MR) is 134 cm³/mol. The zero-order valence-corrected chi connectivity index (χ0v) is 20.2. The standard InChI is InChI=1S/C24H30Cl2N4O/c1-6-10-21(30(4)5)18(7-2)28-15-22(31)29-20-14-9-12-17(24(20)26)16-11-8-13-19(27-3)23(16)25/h8-9,11-15,27H,6-7,10H2,1-5H3,(H,29,31)/b21-18-,28-15+. The number of allylic oxidation sites excluding steroid dienone is 2. The summed E-state index contributed by atoms with van der Waals surface area (Å²) >= 11 is 13.1. The van der Waals surface area contributed by atoms with E-state index in [4.69, 9.17) is 23.2 Å². The number of aliphatic imine (C=N–C) groups is 1. The fraction of sp³-hybridized carbons (Fsp3) is 0.333. The lowest BCUT2D eigenvalue weighted by Gasteiger charge is -2.19. The molecule has 31 heavy (non-hydrogen) atoms. The van der Waals surface area contributed by atoms with Gasteiger partial charge in [0, 0.05) is 38.0 Å². The Bertz CT molecular complexity index is 984. The second-order valence-corrected chi connectivity index (χ2v) is 7.98. The molecular weight excluding hydrogens is 431 g/mol. The molecule has 0 spiro atoms. The van der Waals surface area contributed by atoms with Gasteiger partial charge in [-0.05, 0) is 25.0 Å². The lowest BCUT2D eigenvalue weighted by atomic mass is 10.0. The Morgan fingerprint density at radius 3 is 2.13 bits per heavy atom. The zero-order chi connectivity index (χ0) is 23.0. The molecule has 0 atom stereocenters. The molecular formula is C24H30Cl2N4O. The van der Waals surface area contributed by atoms with Gasteiger partial charge in [0.05, 0.1) is 33.3 Å². The molecule has 0 radical (unpaired) electrons. The van der Waals surface area contributed by atoms with Crippen LogP contribution in [0.3, 0.4) is 0 Å². The molecule has 0 heterocycles. The van der Waals surface area contributed by atoms with E-state index in [0.717, 1.165) is 47.5 Å². The van der Waals surface area contributed by atoms with Crippen LogP contribution in [-0.2, 0) is 4.79 Å². The molecule has 2 N–H and O–H groups in total. The molecule has 166 valence electrons. The van der Waals surface area contributed by atoms with Crippen LogP contribution in [0.2, 0.25) is 10.0 Å². The third-order valence-corrected chi connectivity index (χ3v) is 5.66. The number of anilines is 2. The predicted octanol–water partition coefficient (Wildman–Crippen LogP) is 6.69. The fourth-order valence-corrected chi connectivity index (χ4v) is 3.90. The van der Waals surface area contributed by atoms with Crippen molar-refractivity contribution in [2.75, 3.05) is 31.8 Å². The van der Waals surface area contributed by atoms with Crippen molar-refractivity contribution in [3.05, 3.63) is 57.8 Å². The minimum atomic E-state index is -0.338. The molecule has 0 aliphatic carbocycles. The number of halogens is 2. The van der Waals surface area contributed by atoms with Gasteiger partial charge in [-0.15, -0.1) is 0 Å². The van der Waals surface area contributed by atoms with Crippen LogP contribution in [0.1, 0.15) is 33.1 Å². The van der Waals surface area contributed by atoms with Crippen LogP contribution >= 0.6 is 23.2 Å². The number of nitrogens with one attached hydrogen (secondary N) is 2. The van der Waals surface area contributed by atoms with Gasteiger partial charge in [0.1, 0.15) is 0 Å². The summed E-state index contributed by atoms with van der Waals surface area (Å²) in [6, 6.07) is 11.1. The van der Waals surface area contributed by atoms with Crippen LogP contribution in [-0.4, -0.2) is 38.2 Å². The number of amides is 1. The zero-order valence-electron chi connectivity index (χ0n) is 18.7. The molecule has 2 aromatic rings. The molecule has 5 nitrogen and oxygen atoms in total. The SMILES string of the molecule is CCC/C(=C(CC)/N=C/C(=O)Nc1cccc(-c2cccc(NC)c2Cl)c1Cl)N(C)C. The Kier molecular flexibility index (Phi) is 9.41. The van der Waals surface area contributed by atoms with Crippen LogP contribution in [0.15, 0.2) is 52.8 Å². The Balaban J connectivity index is 2.30. The molecule has 0 unspecified atom stereocenters. The van der Waals surface area contributed by atoms with Crippen molar-refractivity contribution < 1.29 is 4.79 Å². The summed E-state index contributed by atoms with van der Waals surface area (Å²) in [6.07, 6.45) is 3.98. The molecule has 0 aromatic heterocycles. The summed E-state index contributed by atoms with van der Waals surface area (Å²) in [6.45, 7) is 4.16. The minimum Gasteiger partial charge on any atom is -0.387 e. The van der Waals surface area contributed by atoms with E-state index >= 15 is 0 Å². The van der Waals surface area contributed by atoms with Gasteiger partial charge in [-0.3, -0.25) is 9.79 Å². The first kappa shape index (κ1) is 24.8. The van der Waals surface area contributed by atoms with E-state index in [-0.39, 0.29) is 5.91 Å². The number of carbonyl (C=O) groups is 1. The van der Waals surface area contributed by atoms with Gasteiger partial charge in [-0.1, -0.05) is 67.7 Å². The van der Waals surface area contributed by atoms with Crippen molar-refractivity contribution in [2.24, 2.45) is 4.99 Å². The summed E-state index contributed by atoms with van der Waals surface area (Å²) in [5.41, 5.74) is 4.87. The third kappa shape index (κ3) is 6.25. The van der Waals surface area contributed by atoms with Crippen LogP contribution in [0.5, 0.6) is 0 Å². The number of carbonyl (C=O) groups excluding carboxylic acids is 1. The molecule has 1 amide bonds. The summed E-state index contributed by atoms with van der Waals surface area (Å²) in [7, 11) is 5.80. The average Bonchev–Trinajstić information content (AvgIpc) is 2.75. The Morgan fingerprint density at radius 1 is 1.03 bits per heavy atom. The third-order valence-electron chi connectivity index (χ3n) is 4.85. The average molecular weight is 461 g/mol. The van der Waals surface area contributed by atoms with Crippen molar-refractivity contribution >= 4 is 46.7 Å². The van der Waals surface area contributed by atoms with E-state index in [0.29, 0.717) is 15.7 Å². The fourth-order valence-electron chi connectivity index (χ4n) is 3.30. The van der Waals surface area contributed by atoms with Crippen LogP contribution in [0.4, 0.5) is 11.4 Å². The van der Waals surface area contributed by atoms with Gasteiger partial charge in [0.15, 0.2) is 0 Å². The van der Waals surface area contributed by atoms with Gasteiger partial charge in [0.25, 0.3) is 5.91 Å². The Labute approximate surface area is 195 Å². The molecule has 0 aliphatic rings. The lowest BCUT2D eigenvalue weighted by Crippen LogP contribution is -2.15. The maximum atomic E-state index is 12.6. The summed E-state index contributed by atoms with van der Waals surface area (Å²) in [5.74, 6) is -0.338. The molecule has 0 saturated heterocycles. The van der Waals surface area contributed by atoms with Gasteiger partial charge in [-0.25, -0.2) is 0 Å². The second-order valence-electron chi connectivity index (χ2n) is 7.22. The van der Waals surface area contributed by atoms with Gasteiger partial charge >= 0.3 is 0 Å². The number of benzene rings is 2. The molecule has 2 aromatic carbocycles. The Morgan fingerprint density at radius 2 is 1.61 bits per heavy atom. The van der Waals surface area contributed by atoms with E-state index in [2.05, 4.69) is 27.4 Å². The normalized spacial score (nSPS) is 12.0. The van der Waals surface area contributed by atoms with E-state index in [1.165, 1.54) is 6.21 Å². The van der Waals surface area contributed by atoms with Gasteiger partial charge < -0.3 is 15.5 Å². The summed E-state index contributed by atoms with van der Waals surface area (Å²) in [5, 5.41) is 6.89. The number of hydrogen-bond donors (Lipinski definition) is 2. The van der Waals surface area contributed by atoms with Crippen molar-refractivity contribution in [1.82, 2.24) is 4.90 Å². The molecule has 2 rings (SSSR count). The van der Waals surface area contributed by atoms with E-state index in [1.54, 1.807) is 6.07 Å². The molecule has 7 heteroatoms. The highest BCUT2D eigenvalue weighted by molar-refractivity contribution is 6.40. The maximum Gasteiger partial charge on any atom is 0.266 e. The highest BCUT2D eigenvalue weighted by Crippen LogP contribution is 2.39. The first-order valence-electron chi connectivity index (χ1n) is 10.3. The lowest BCUT2D eigenvalue weighted by molar-refractivity contribution is -0.109. The maximum absolute atomic E-state index is 12.6. The first-order chi connectivity index (χ1) is 14.8. The minimum absolute atomic E-state index is 0.338. The number of nitrogens with zero attached hydrogens (tertiary/aromatic N) is 2. The van der Waals surface area contributed by atoms with Crippen LogP contribution in [0, 0.1) is 0 Å². The molecule has 0 saturated carbocycles. The molecule has 0 fully saturated rings. The van der Waals surface area contributed by atoms with E-state index < -0.39 is 0 Å². The van der Waals surface area contributed by atoms with Crippen molar-refractivity contribution in [2.45, 2.75) is 33.1 Å². The largest absolute Gasteiger partial charge is 0.387 e.